The second-order valence-corrected chi connectivity index (χ2v) is 9.70. The highest BCUT2D eigenvalue weighted by molar-refractivity contribution is 5.60. The van der Waals surface area contributed by atoms with Gasteiger partial charge in [0, 0.05) is 23.7 Å². The van der Waals surface area contributed by atoms with Gasteiger partial charge in [-0.15, -0.1) is 0 Å². The summed E-state index contributed by atoms with van der Waals surface area (Å²) in [5.41, 5.74) is -1.43. The number of nitrogens with one attached hydrogen (secondary N) is 1. The Kier molecular flexibility index (Phi) is 7.77. The zero-order valence-corrected chi connectivity index (χ0v) is 22.4. The number of nitriles is 1. The zero-order chi connectivity index (χ0) is 29.1. The summed E-state index contributed by atoms with van der Waals surface area (Å²) in [4.78, 5) is 26.7. The first-order valence-corrected chi connectivity index (χ1v) is 13.0. The quantitative estimate of drug-likeness (QED) is 0.281. The molecule has 210 valence electrons. The third kappa shape index (κ3) is 4.70. The number of nitrogens with zero attached hydrogens (tertiary/aromatic N) is 2. The molecule has 0 spiro atoms. The van der Waals surface area contributed by atoms with Crippen molar-refractivity contribution in [1.82, 2.24) is 9.55 Å². The average Bonchev–Trinajstić information content (AvgIpc) is 3.39. The molecule has 0 saturated carbocycles. The number of methoxy groups -OCH3 is 2. The number of aliphatic hydroxyl groups is 2. The van der Waals surface area contributed by atoms with Gasteiger partial charge >= 0.3 is 5.69 Å². The highest BCUT2D eigenvalue weighted by Crippen LogP contribution is 2.51. The number of rotatable bonds is 8. The van der Waals surface area contributed by atoms with Crippen LogP contribution < -0.4 is 20.7 Å². The van der Waals surface area contributed by atoms with Gasteiger partial charge in [0.2, 0.25) is 0 Å². The topological polar surface area (TPSA) is 147 Å². The van der Waals surface area contributed by atoms with Gasteiger partial charge in [-0.1, -0.05) is 66.7 Å². The third-order valence-electron chi connectivity index (χ3n) is 7.58. The van der Waals surface area contributed by atoms with Crippen LogP contribution in [0.2, 0.25) is 0 Å². The van der Waals surface area contributed by atoms with Crippen LogP contribution in [0, 0.1) is 11.3 Å². The van der Waals surface area contributed by atoms with Gasteiger partial charge in [-0.2, -0.15) is 5.26 Å². The smallest absolute Gasteiger partial charge is 0.330 e. The summed E-state index contributed by atoms with van der Waals surface area (Å²) in [6, 6.07) is 25.6. The first kappa shape index (κ1) is 27.9. The molecule has 0 amide bonds. The Morgan fingerprint density at radius 1 is 0.976 bits per heavy atom. The van der Waals surface area contributed by atoms with E-state index in [1.165, 1.54) is 14.2 Å². The number of H-pyrrole nitrogens is 1. The Balaban J connectivity index is 1.74. The molecule has 4 aromatic rings. The van der Waals surface area contributed by atoms with Gasteiger partial charge in [0.15, 0.2) is 0 Å². The lowest BCUT2D eigenvalue weighted by Crippen LogP contribution is -2.51. The van der Waals surface area contributed by atoms with Gasteiger partial charge in [0.05, 0.1) is 25.7 Å². The van der Waals surface area contributed by atoms with Crippen LogP contribution >= 0.6 is 0 Å². The van der Waals surface area contributed by atoms with Crippen molar-refractivity contribution < 1.29 is 24.4 Å². The molecule has 41 heavy (non-hydrogen) atoms. The fraction of sp³-hybridized carbons (Fsp3) is 0.258. The van der Waals surface area contributed by atoms with E-state index in [2.05, 4.69) is 4.98 Å². The third-order valence-corrected chi connectivity index (χ3v) is 7.58. The van der Waals surface area contributed by atoms with Crippen LogP contribution in [0.5, 0.6) is 11.5 Å². The average molecular weight is 556 g/mol. The van der Waals surface area contributed by atoms with Gasteiger partial charge < -0.3 is 24.4 Å². The van der Waals surface area contributed by atoms with E-state index in [1.807, 2.05) is 66.7 Å². The minimum atomic E-state index is -1.45. The molecule has 2 heterocycles. The summed E-state index contributed by atoms with van der Waals surface area (Å²) in [6.45, 7) is 0. The van der Waals surface area contributed by atoms with Crippen molar-refractivity contribution in [1.29, 1.82) is 5.26 Å². The minimum absolute atomic E-state index is 0.0821. The van der Waals surface area contributed by atoms with Crippen LogP contribution in [0.4, 0.5) is 0 Å². The zero-order valence-electron chi connectivity index (χ0n) is 22.4. The van der Waals surface area contributed by atoms with E-state index >= 15 is 0 Å². The summed E-state index contributed by atoms with van der Waals surface area (Å²) >= 11 is 0. The molecule has 3 N–H and O–H groups in total. The predicted octanol–water partition coefficient (Wildman–Crippen LogP) is 2.47. The Morgan fingerprint density at radius 3 is 2.10 bits per heavy atom. The molecule has 1 saturated heterocycles. The van der Waals surface area contributed by atoms with E-state index in [-0.39, 0.29) is 12.0 Å². The molecular weight excluding hydrogens is 526 g/mol. The van der Waals surface area contributed by atoms with E-state index in [0.29, 0.717) is 28.2 Å². The Hall–Kier alpha value is -4.69. The second kappa shape index (κ2) is 11.4. The molecular formula is C31H29N3O7. The Morgan fingerprint density at radius 2 is 1.54 bits per heavy atom. The molecule has 5 rings (SSSR count). The van der Waals surface area contributed by atoms with Crippen LogP contribution in [-0.4, -0.2) is 52.3 Å². The molecule has 0 aliphatic carbocycles. The van der Waals surface area contributed by atoms with Crippen LogP contribution in [0.25, 0.3) is 0 Å². The van der Waals surface area contributed by atoms with Crippen LogP contribution in [0.1, 0.15) is 34.9 Å². The molecule has 10 nitrogen and oxygen atoms in total. The lowest BCUT2D eigenvalue weighted by Gasteiger charge is -2.43. The van der Waals surface area contributed by atoms with Crippen molar-refractivity contribution in [2.24, 2.45) is 0 Å². The van der Waals surface area contributed by atoms with E-state index in [4.69, 9.17) is 14.2 Å². The number of para-hydroxylation sites is 2. The summed E-state index contributed by atoms with van der Waals surface area (Å²) < 4.78 is 18.8. The highest BCUT2D eigenvalue weighted by atomic mass is 16.5. The van der Waals surface area contributed by atoms with Crippen molar-refractivity contribution in [3.8, 4) is 17.6 Å². The lowest BCUT2D eigenvalue weighted by atomic mass is 9.63. The van der Waals surface area contributed by atoms with E-state index in [1.54, 1.807) is 18.2 Å². The van der Waals surface area contributed by atoms with Crippen LogP contribution in [-0.2, 0) is 10.2 Å². The molecule has 1 aliphatic heterocycles. The Bertz CT molecular complexity index is 1640. The van der Waals surface area contributed by atoms with Crippen molar-refractivity contribution in [3.05, 3.63) is 128 Å². The first-order valence-electron chi connectivity index (χ1n) is 13.0. The van der Waals surface area contributed by atoms with Gasteiger partial charge in [0.1, 0.15) is 41.6 Å². The molecule has 4 atom stereocenters. The molecule has 1 aliphatic rings. The first-order chi connectivity index (χ1) is 19.9. The van der Waals surface area contributed by atoms with Crippen molar-refractivity contribution in [2.75, 3.05) is 14.2 Å². The van der Waals surface area contributed by atoms with Crippen LogP contribution in [0.15, 0.2) is 94.6 Å². The molecule has 1 unspecified atom stereocenters. The Labute approximate surface area is 235 Å². The van der Waals surface area contributed by atoms with Gasteiger partial charge in [-0.05, 0) is 17.7 Å². The summed E-state index contributed by atoms with van der Waals surface area (Å²) in [6.07, 6.45) is -3.96. The number of aliphatic hydroxyl groups excluding tert-OH is 2. The van der Waals surface area contributed by atoms with Crippen molar-refractivity contribution in [3.63, 3.8) is 0 Å². The summed E-state index contributed by atoms with van der Waals surface area (Å²) in [5, 5.41) is 33.1. The molecule has 1 aromatic heterocycles. The normalized spacial score (nSPS) is 19.3. The fourth-order valence-electron chi connectivity index (χ4n) is 5.74. The van der Waals surface area contributed by atoms with E-state index in [9.17, 15) is 25.1 Å². The number of hydrogen-bond acceptors (Lipinski definition) is 8. The van der Waals surface area contributed by atoms with E-state index < -0.39 is 41.2 Å². The predicted molar refractivity (Wildman–Crippen MR) is 149 cm³/mol. The number of benzene rings is 3. The maximum atomic E-state index is 12.6. The van der Waals surface area contributed by atoms with Crippen molar-refractivity contribution in [2.45, 2.75) is 36.4 Å². The SMILES string of the molecule is COc1ccccc1C(c1ccccc1)(c1ccccc1OC)C(O)[C@H]1O[C@@H](n2cc(C#N)c(=O)[nH]c2=O)C[C@@H]1O. The molecule has 0 radical (unpaired) electrons. The molecule has 10 heteroatoms. The van der Waals surface area contributed by atoms with Crippen LogP contribution in [0.3, 0.4) is 0 Å². The second-order valence-electron chi connectivity index (χ2n) is 9.70. The van der Waals surface area contributed by atoms with Gasteiger partial charge in [-0.25, -0.2) is 4.79 Å². The maximum absolute atomic E-state index is 12.6. The molecule has 1 fully saturated rings. The number of ether oxygens (including phenoxy) is 3. The largest absolute Gasteiger partial charge is 0.496 e. The number of hydrogen-bond donors (Lipinski definition) is 3. The molecule has 3 aromatic carbocycles. The minimum Gasteiger partial charge on any atom is -0.496 e. The standard InChI is InChI=1S/C31H29N3O7/c1-39-24-14-8-6-12-21(24)31(20-10-4-3-5-11-20,22-13-7-9-15-25(22)40-2)28(36)27-23(35)16-26(41-27)34-18-19(17-32)29(37)33-30(34)38/h3-15,18,23,26-28,35-36H,16H2,1-2H3,(H,33,37,38)/t23-,26+,27-,28?/m0/s1. The van der Waals surface area contributed by atoms with Gasteiger partial charge in [-0.3, -0.25) is 14.3 Å². The monoisotopic (exact) mass is 555 g/mol. The lowest BCUT2D eigenvalue weighted by molar-refractivity contribution is -0.0980. The maximum Gasteiger partial charge on any atom is 0.330 e. The number of aromatic nitrogens is 2. The molecule has 0 bridgehead atoms. The highest BCUT2D eigenvalue weighted by Gasteiger charge is 2.54. The summed E-state index contributed by atoms with van der Waals surface area (Å²) in [5.74, 6) is 0.974. The number of aromatic amines is 1. The van der Waals surface area contributed by atoms with Gasteiger partial charge in [0.25, 0.3) is 5.56 Å². The van der Waals surface area contributed by atoms with E-state index in [0.717, 1.165) is 10.8 Å². The van der Waals surface area contributed by atoms with Crippen molar-refractivity contribution >= 4 is 0 Å². The fourth-order valence-corrected chi connectivity index (χ4v) is 5.74. The summed E-state index contributed by atoms with van der Waals surface area (Å²) in [7, 11) is 3.07.